The van der Waals surface area contributed by atoms with Crippen molar-refractivity contribution in [1.29, 1.82) is 0 Å². The zero-order valence-corrected chi connectivity index (χ0v) is 9.95. The molecule has 104 valence electrons. The molecule has 0 bridgehead atoms. The second-order valence-corrected chi connectivity index (χ2v) is 3.95. The number of hydrogen-bond acceptors (Lipinski definition) is 3. The maximum Gasteiger partial charge on any atom is 0.257 e. The molecule has 0 fully saturated rings. The minimum absolute atomic E-state index is 0.0447. The normalized spacial score (nSPS) is 10.3. The fourth-order valence-electron chi connectivity index (χ4n) is 1.55. The lowest BCUT2D eigenvalue weighted by molar-refractivity contribution is 0.102. The zero-order chi connectivity index (χ0) is 14.9. The van der Waals surface area contributed by atoms with Crippen LogP contribution < -0.4 is 11.1 Å². The molecule has 4 nitrogen and oxygen atoms in total. The van der Waals surface area contributed by atoms with E-state index in [-0.39, 0.29) is 17.0 Å². The summed E-state index contributed by atoms with van der Waals surface area (Å²) in [5.74, 6) is -5.64. The molecular weight excluding hydrogens is 273 g/mol. The highest BCUT2D eigenvalue weighted by atomic mass is 19.2. The largest absolute Gasteiger partial charge is 0.508 e. The van der Waals surface area contributed by atoms with Gasteiger partial charge in [-0.3, -0.25) is 4.79 Å². The smallest absolute Gasteiger partial charge is 0.257 e. The number of nitrogens with two attached hydrogens (primary N) is 1. The van der Waals surface area contributed by atoms with E-state index in [0.29, 0.717) is 6.07 Å². The Bertz CT molecular complexity index is 690. The molecule has 0 aromatic heterocycles. The van der Waals surface area contributed by atoms with Crippen molar-refractivity contribution in [2.24, 2.45) is 0 Å². The van der Waals surface area contributed by atoms with Crippen LogP contribution in [0.4, 0.5) is 24.5 Å². The number of phenols is 1. The molecule has 2 aromatic carbocycles. The predicted molar refractivity (Wildman–Crippen MR) is 66.8 cm³/mol. The van der Waals surface area contributed by atoms with Gasteiger partial charge in [-0.25, -0.2) is 13.2 Å². The highest BCUT2D eigenvalue weighted by Gasteiger charge is 2.17. The standard InChI is InChI=1S/C13H9F3N2O2/c14-8-2-4-10(12(16)11(8)15)18-13(20)7-5-6(19)1-3-9(7)17/h1-5,19H,17H2,(H,18,20). The third-order valence-electron chi connectivity index (χ3n) is 2.56. The average Bonchev–Trinajstić information content (AvgIpc) is 2.42. The summed E-state index contributed by atoms with van der Waals surface area (Å²) in [4.78, 5) is 11.9. The van der Waals surface area contributed by atoms with Crippen LogP contribution in [0.25, 0.3) is 0 Å². The number of aromatic hydroxyl groups is 1. The summed E-state index contributed by atoms with van der Waals surface area (Å²) in [6.07, 6.45) is 0. The summed E-state index contributed by atoms with van der Waals surface area (Å²) in [7, 11) is 0. The SMILES string of the molecule is Nc1ccc(O)cc1C(=O)Nc1ccc(F)c(F)c1F. The van der Waals surface area contributed by atoms with Gasteiger partial charge in [0.05, 0.1) is 11.3 Å². The number of rotatable bonds is 2. The molecule has 20 heavy (non-hydrogen) atoms. The van der Waals surface area contributed by atoms with Gasteiger partial charge >= 0.3 is 0 Å². The Morgan fingerprint density at radius 3 is 2.50 bits per heavy atom. The quantitative estimate of drug-likeness (QED) is 0.450. The molecule has 4 N–H and O–H groups in total. The molecule has 0 saturated carbocycles. The predicted octanol–water partition coefficient (Wildman–Crippen LogP) is 2.64. The second kappa shape index (κ2) is 5.12. The fraction of sp³-hybridized carbons (Fsp3) is 0. The van der Waals surface area contributed by atoms with Crippen LogP contribution >= 0.6 is 0 Å². The number of carbonyl (C=O) groups excluding carboxylic acids is 1. The number of phenolic OH excluding ortho intramolecular Hbond substituents is 1. The Labute approximate surface area is 111 Å². The van der Waals surface area contributed by atoms with E-state index in [1.807, 2.05) is 0 Å². The highest BCUT2D eigenvalue weighted by molar-refractivity contribution is 6.08. The van der Waals surface area contributed by atoms with E-state index < -0.39 is 29.0 Å². The topological polar surface area (TPSA) is 75.3 Å². The van der Waals surface area contributed by atoms with Crippen molar-refractivity contribution in [3.63, 3.8) is 0 Å². The molecule has 0 aliphatic heterocycles. The van der Waals surface area contributed by atoms with Gasteiger partial charge < -0.3 is 16.2 Å². The third-order valence-corrected chi connectivity index (χ3v) is 2.56. The molecule has 7 heteroatoms. The number of halogens is 3. The molecule has 0 atom stereocenters. The first-order valence-electron chi connectivity index (χ1n) is 5.43. The monoisotopic (exact) mass is 282 g/mol. The maximum atomic E-state index is 13.4. The molecule has 0 saturated heterocycles. The van der Waals surface area contributed by atoms with Crippen molar-refractivity contribution in [3.8, 4) is 5.75 Å². The van der Waals surface area contributed by atoms with E-state index >= 15 is 0 Å². The van der Waals surface area contributed by atoms with Crippen molar-refractivity contribution in [2.75, 3.05) is 11.1 Å². The van der Waals surface area contributed by atoms with E-state index in [9.17, 15) is 23.1 Å². The molecule has 0 aliphatic rings. The van der Waals surface area contributed by atoms with Gasteiger partial charge in [-0.2, -0.15) is 0 Å². The Kier molecular flexibility index (Phi) is 3.51. The number of anilines is 2. The van der Waals surface area contributed by atoms with E-state index in [0.717, 1.165) is 12.1 Å². The van der Waals surface area contributed by atoms with Gasteiger partial charge in [0.1, 0.15) is 5.75 Å². The van der Waals surface area contributed by atoms with Crippen molar-refractivity contribution in [3.05, 3.63) is 53.3 Å². The number of carbonyl (C=O) groups is 1. The summed E-state index contributed by atoms with van der Waals surface area (Å²) >= 11 is 0. The lowest BCUT2D eigenvalue weighted by Gasteiger charge is -2.09. The highest BCUT2D eigenvalue weighted by Crippen LogP contribution is 2.23. The number of benzene rings is 2. The number of hydrogen-bond donors (Lipinski definition) is 3. The van der Waals surface area contributed by atoms with Crippen molar-refractivity contribution in [2.45, 2.75) is 0 Å². The third kappa shape index (κ3) is 2.51. The average molecular weight is 282 g/mol. The molecular formula is C13H9F3N2O2. The molecule has 2 aromatic rings. The summed E-state index contributed by atoms with van der Waals surface area (Å²) < 4.78 is 39.2. The lowest BCUT2D eigenvalue weighted by Crippen LogP contribution is -2.15. The van der Waals surface area contributed by atoms with E-state index in [4.69, 9.17) is 5.73 Å². The first-order chi connectivity index (χ1) is 9.40. The van der Waals surface area contributed by atoms with Gasteiger partial charge in [0.25, 0.3) is 5.91 Å². The van der Waals surface area contributed by atoms with Gasteiger partial charge in [0.15, 0.2) is 17.5 Å². The van der Waals surface area contributed by atoms with Gasteiger partial charge in [-0.1, -0.05) is 0 Å². The molecule has 2 rings (SSSR count). The van der Waals surface area contributed by atoms with Crippen molar-refractivity contribution >= 4 is 17.3 Å². The summed E-state index contributed by atoms with van der Waals surface area (Å²) in [5, 5.41) is 11.3. The van der Waals surface area contributed by atoms with Crippen LogP contribution in [0.15, 0.2) is 30.3 Å². The molecule has 0 unspecified atom stereocenters. The molecule has 0 radical (unpaired) electrons. The molecule has 0 heterocycles. The molecule has 0 spiro atoms. The number of nitrogen functional groups attached to an aromatic ring is 1. The van der Waals surface area contributed by atoms with E-state index in [2.05, 4.69) is 5.32 Å². The van der Waals surface area contributed by atoms with E-state index in [1.54, 1.807) is 0 Å². The molecule has 1 amide bonds. The van der Waals surface area contributed by atoms with Gasteiger partial charge in [0, 0.05) is 5.69 Å². The van der Waals surface area contributed by atoms with Crippen LogP contribution in [0.3, 0.4) is 0 Å². The number of nitrogens with one attached hydrogen (secondary N) is 1. The van der Waals surface area contributed by atoms with Crippen LogP contribution in [0, 0.1) is 17.5 Å². The van der Waals surface area contributed by atoms with Gasteiger partial charge in [0.2, 0.25) is 0 Å². The minimum Gasteiger partial charge on any atom is -0.508 e. The van der Waals surface area contributed by atoms with Gasteiger partial charge in [-0.05, 0) is 30.3 Å². The zero-order valence-electron chi connectivity index (χ0n) is 9.95. The lowest BCUT2D eigenvalue weighted by atomic mass is 10.1. The Morgan fingerprint density at radius 1 is 1.10 bits per heavy atom. The van der Waals surface area contributed by atoms with Crippen LogP contribution in [0.1, 0.15) is 10.4 Å². The molecule has 0 aliphatic carbocycles. The van der Waals surface area contributed by atoms with Gasteiger partial charge in [-0.15, -0.1) is 0 Å². The van der Waals surface area contributed by atoms with Crippen LogP contribution in [0.5, 0.6) is 5.75 Å². The van der Waals surface area contributed by atoms with Crippen molar-refractivity contribution in [1.82, 2.24) is 0 Å². The Balaban J connectivity index is 2.33. The number of amides is 1. The van der Waals surface area contributed by atoms with E-state index in [1.165, 1.54) is 12.1 Å². The second-order valence-electron chi connectivity index (χ2n) is 3.95. The van der Waals surface area contributed by atoms with Crippen LogP contribution in [-0.2, 0) is 0 Å². The van der Waals surface area contributed by atoms with Crippen LogP contribution in [0.2, 0.25) is 0 Å². The summed E-state index contributed by atoms with van der Waals surface area (Å²) in [5.41, 5.74) is 4.93. The first-order valence-corrected chi connectivity index (χ1v) is 5.43. The fourth-order valence-corrected chi connectivity index (χ4v) is 1.55. The summed E-state index contributed by atoms with van der Waals surface area (Å²) in [6, 6.07) is 5.18. The first kappa shape index (κ1) is 13.7. The maximum absolute atomic E-state index is 13.4. The van der Waals surface area contributed by atoms with Crippen LogP contribution in [-0.4, -0.2) is 11.0 Å². The van der Waals surface area contributed by atoms with Crippen molar-refractivity contribution < 1.29 is 23.1 Å². The Morgan fingerprint density at radius 2 is 1.80 bits per heavy atom. The summed E-state index contributed by atoms with van der Waals surface area (Å²) in [6.45, 7) is 0. The minimum atomic E-state index is -1.69. The Hall–Kier alpha value is -2.70.